The summed E-state index contributed by atoms with van der Waals surface area (Å²) in [6.07, 6.45) is 1.94. The first-order chi connectivity index (χ1) is 10.1. The molecule has 21 heavy (non-hydrogen) atoms. The first kappa shape index (κ1) is 14.9. The second-order valence-electron chi connectivity index (χ2n) is 5.56. The number of halogens is 2. The van der Waals surface area contributed by atoms with Crippen molar-refractivity contribution in [3.63, 3.8) is 0 Å². The van der Waals surface area contributed by atoms with E-state index in [1.54, 1.807) is 0 Å². The van der Waals surface area contributed by atoms with Gasteiger partial charge in [-0.05, 0) is 44.4 Å². The number of aryl methyl sites for hydroxylation is 3. The predicted octanol–water partition coefficient (Wildman–Crippen LogP) is 4.08. The average molecular weight is 324 g/mol. The summed E-state index contributed by atoms with van der Waals surface area (Å²) in [6, 6.07) is 6.07. The van der Waals surface area contributed by atoms with Crippen LogP contribution in [0.15, 0.2) is 18.2 Å². The molecule has 1 aliphatic rings. The summed E-state index contributed by atoms with van der Waals surface area (Å²) in [7, 11) is 0. The van der Waals surface area contributed by atoms with Crippen LogP contribution in [0.1, 0.15) is 35.2 Å². The fourth-order valence-electron chi connectivity index (χ4n) is 3.16. The number of rotatable bonds is 3. The van der Waals surface area contributed by atoms with Gasteiger partial charge < -0.3 is 9.88 Å². The lowest BCUT2D eigenvalue weighted by atomic mass is 10.0. The van der Waals surface area contributed by atoms with E-state index in [0.717, 1.165) is 48.0 Å². The van der Waals surface area contributed by atoms with Crippen LogP contribution < -0.4 is 5.32 Å². The zero-order chi connectivity index (χ0) is 15.0. The summed E-state index contributed by atoms with van der Waals surface area (Å²) in [6.45, 7) is 6.16. The van der Waals surface area contributed by atoms with E-state index in [1.165, 1.54) is 5.69 Å². The number of aromatic nitrogens is 2. The summed E-state index contributed by atoms with van der Waals surface area (Å²) in [5.74, 6) is 1.11. The van der Waals surface area contributed by atoms with Crippen molar-refractivity contribution < 1.29 is 0 Å². The van der Waals surface area contributed by atoms with Crippen molar-refractivity contribution in [2.45, 2.75) is 39.3 Å². The first-order valence-corrected chi connectivity index (χ1v) is 8.03. The molecule has 0 saturated carbocycles. The van der Waals surface area contributed by atoms with Gasteiger partial charge in [0, 0.05) is 29.2 Å². The largest absolute Gasteiger partial charge is 0.329 e. The van der Waals surface area contributed by atoms with Crippen LogP contribution in [-0.2, 0) is 13.0 Å². The molecule has 1 aliphatic heterocycles. The van der Waals surface area contributed by atoms with Crippen molar-refractivity contribution in [1.82, 2.24) is 14.9 Å². The number of hydrogen-bond donors (Lipinski definition) is 1. The maximum atomic E-state index is 6.26. The van der Waals surface area contributed by atoms with E-state index >= 15 is 0 Å². The van der Waals surface area contributed by atoms with Crippen LogP contribution in [0.3, 0.4) is 0 Å². The van der Waals surface area contributed by atoms with Crippen LogP contribution >= 0.6 is 23.2 Å². The molecule has 1 unspecified atom stereocenters. The zero-order valence-corrected chi connectivity index (χ0v) is 13.8. The minimum absolute atomic E-state index is 0.340. The first-order valence-electron chi connectivity index (χ1n) is 7.27. The highest BCUT2D eigenvalue weighted by molar-refractivity contribution is 6.35. The molecule has 112 valence electrons. The highest BCUT2D eigenvalue weighted by Gasteiger charge is 2.24. The maximum absolute atomic E-state index is 6.26. The minimum atomic E-state index is 0.340. The Labute approximate surface area is 135 Å². The molecule has 2 heterocycles. The van der Waals surface area contributed by atoms with E-state index in [4.69, 9.17) is 23.2 Å². The van der Waals surface area contributed by atoms with Gasteiger partial charge in [-0.2, -0.15) is 0 Å². The third-order valence-electron chi connectivity index (χ3n) is 4.16. The SMILES string of the molecule is Cc1nc(C)n2c1C(CCc1ccc(Cl)cc1Cl)NCC2. The van der Waals surface area contributed by atoms with Gasteiger partial charge in [0.1, 0.15) is 5.82 Å². The molecule has 1 aromatic carbocycles. The standard InChI is InChI=1S/C16H19Cl2N3/c1-10-16-15(19-7-8-21(16)11(2)20-10)6-4-12-3-5-13(17)9-14(12)18/h3,5,9,15,19H,4,6-8H2,1-2H3. The number of benzene rings is 1. The Morgan fingerprint density at radius 3 is 2.90 bits per heavy atom. The van der Waals surface area contributed by atoms with Gasteiger partial charge in [0.2, 0.25) is 0 Å². The summed E-state index contributed by atoms with van der Waals surface area (Å²) in [5.41, 5.74) is 3.60. The quantitative estimate of drug-likeness (QED) is 0.922. The third kappa shape index (κ3) is 2.96. The molecule has 5 heteroatoms. The van der Waals surface area contributed by atoms with Crippen LogP contribution in [-0.4, -0.2) is 16.1 Å². The van der Waals surface area contributed by atoms with Crippen molar-refractivity contribution in [3.8, 4) is 0 Å². The number of nitrogens with one attached hydrogen (secondary N) is 1. The molecule has 2 aromatic rings. The lowest BCUT2D eigenvalue weighted by molar-refractivity contribution is 0.401. The summed E-state index contributed by atoms with van der Waals surface area (Å²) >= 11 is 12.2. The molecule has 3 rings (SSSR count). The number of nitrogens with zero attached hydrogens (tertiary/aromatic N) is 2. The van der Waals surface area contributed by atoms with Gasteiger partial charge in [-0.15, -0.1) is 0 Å². The Bertz CT molecular complexity index is 664. The molecular weight excluding hydrogens is 305 g/mol. The highest BCUT2D eigenvalue weighted by Crippen LogP contribution is 2.28. The van der Waals surface area contributed by atoms with Crippen LogP contribution in [0.25, 0.3) is 0 Å². The highest BCUT2D eigenvalue weighted by atomic mass is 35.5. The zero-order valence-electron chi connectivity index (χ0n) is 12.3. The van der Waals surface area contributed by atoms with Gasteiger partial charge in [-0.3, -0.25) is 0 Å². The molecule has 0 radical (unpaired) electrons. The van der Waals surface area contributed by atoms with E-state index in [2.05, 4.69) is 28.7 Å². The van der Waals surface area contributed by atoms with Gasteiger partial charge >= 0.3 is 0 Å². The maximum Gasteiger partial charge on any atom is 0.106 e. The molecular formula is C16H19Cl2N3. The van der Waals surface area contributed by atoms with E-state index < -0.39 is 0 Å². The number of imidazole rings is 1. The van der Waals surface area contributed by atoms with E-state index in [1.807, 2.05) is 18.2 Å². The molecule has 1 atom stereocenters. The van der Waals surface area contributed by atoms with Gasteiger partial charge in [0.05, 0.1) is 11.4 Å². The Hall–Kier alpha value is -1.03. The van der Waals surface area contributed by atoms with Crippen LogP contribution in [0, 0.1) is 13.8 Å². The molecule has 0 spiro atoms. The monoisotopic (exact) mass is 323 g/mol. The van der Waals surface area contributed by atoms with Gasteiger partial charge in [-0.25, -0.2) is 4.98 Å². The molecule has 0 fully saturated rings. The van der Waals surface area contributed by atoms with E-state index in [-0.39, 0.29) is 0 Å². The Morgan fingerprint density at radius 1 is 1.33 bits per heavy atom. The molecule has 0 saturated heterocycles. The topological polar surface area (TPSA) is 29.9 Å². The minimum Gasteiger partial charge on any atom is -0.329 e. The summed E-state index contributed by atoms with van der Waals surface area (Å²) in [4.78, 5) is 4.61. The summed E-state index contributed by atoms with van der Waals surface area (Å²) in [5, 5.41) is 5.03. The molecule has 0 bridgehead atoms. The van der Waals surface area contributed by atoms with Crippen molar-refractivity contribution in [2.24, 2.45) is 0 Å². The molecule has 0 aliphatic carbocycles. The van der Waals surface area contributed by atoms with Gasteiger partial charge in [0.15, 0.2) is 0 Å². The second kappa shape index (κ2) is 5.99. The number of fused-ring (bicyclic) bond motifs is 1. The van der Waals surface area contributed by atoms with Crippen molar-refractivity contribution in [2.75, 3.05) is 6.54 Å². The third-order valence-corrected chi connectivity index (χ3v) is 4.74. The number of hydrogen-bond acceptors (Lipinski definition) is 2. The normalized spacial score (nSPS) is 17.8. The van der Waals surface area contributed by atoms with Crippen LogP contribution in [0.2, 0.25) is 10.0 Å². The fourth-order valence-corrected chi connectivity index (χ4v) is 3.67. The predicted molar refractivity (Wildman–Crippen MR) is 87.2 cm³/mol. The van der Waals surface area contributed by atoms with Crippen molar-refractivity contribution >= 4 is 23.2 Å². The Morgan fingerprint density at radius 2 is 2.14 bits per heavy atom. The van der Waals surface area contributed by atoms with Crippen molar-refractivity contribution in [3.05, 3.63) is 51.0 Å². The van der Waals surface area contributed by atoms with E-state index in [9.17, 15) is 0 Å². The van der Waals surface area contributed by atoms with Gasteiger partial charge in [-0.1, -0.05) is 29.3 Å². The lowest BCUT2D eigenvalue weighted by Crippen LogP contribution is -2.34. The lowest BCUT2D eigenvalue weighted by Gasteiger charge is -2.27. The van der Waals surface area contributed by atoms with Gasteiger partial charge in [0.25, 0.3) is 0 Å². The molecule has 0 amide bonds. The Kier molecular flexibility index (Phi) is 4.25. The Balaban J connectivity index is 1.78. The van der Waals surface area contributed by atoms with Crippen LogP contribution in [0.5, 0.6) is 0 Å². The molecule has 3 nitrogen and oxygen atoms in total. The molecule has 1 aromatic heterocycles. The van der Waals surface area contributed by atoms with Crippen molar-refractivity contribution in [1.29, 1.82) is 0 Å². The van der Waals surface area contributed by atoms with E-state index in [0.29, 0.717) is 11.1 Å². The molecule has 1 N–H and O–H groups in total. The summed E-state index contributed by atoms with van der Waals surface area (Å²) < 4.78 is 2.33. The second-order valence-corrected chi connectivity index (χ2v) is 6.41. The van der Waals surface area contributed by atoms with Crippen LogP contribution in [0.4, 0.5) is 0 Å². The fraction of sp³-hybridized carbons (Fsp3) is 0.438. The average Bonchev–Trinajstić information content (AvgIpc) is 2.74. The smallest absolute Gasteiger partial charge is 0.106 e.